The lowest BCUT2D eigenvalue weighted by molar-refractivity contribution is -0.127. The first kappa shape index (κ1) is 25.9. The summed E-state index contributed by atoms with van der Waals surface area (Å²) in [5.41, 5.74) is 3.97. The number of fused-ring (bicyclic) bond motifs is 1. The fourth-order valence-electron chi connectivity index (χ4n) is 5.72. The molecule has 0 aliphatic carbocycles. The van der Waals surface area contributed by atoms with Crippen LogP contribution in [0.1, 0.15) is 53.6 Å². The molecule has 0 saturated carbocycles. The van der Waals surface area contributed by atoms with Gasteiger partial charge in [-0.1, -0.05) is 24.3 Å². The van der Waals surface area contributed by atoms with Gasteiger partial charge in [-0.3, -0.25) is 23.9 Å². The second-order valence-electron chi connectivity index (χ2n) is 10.4. The number of imidazole rings is 1. The molecule has 2 aliphatic heterocycles. The van der Waals surface area contributed by atoms with E-state index in [2.05, 4.69) is 24.6 Å². The van der Waals surface area contributed by atoms with E-state index >= 15 is 0 Å². The van der Waals surface area contributed by atoms with Gasteiger partial charge in [0.25, 0.3) is 5.91 Å². The highest BCUT2D eigenvalue weighted by Crippen LogP contribution is 2.36. The Bertz CT molecular complexity index is 1540. The Labute approximate surface area is 233 Å². The third kappa shape index (κ3) is 5.24. The number of carbonyl (C=O) groups is 2. The van der Waals surface area contributed by atoms with Crippen molar-refractivity contribution in [2.24, 2.45) is 0 Å². The van der Waals surface area contributed by atoms with Crippen molar-refractivity contribution >= 4 is 23.1 Å². The summed E-state index contributed by atoms with van der Waals surface area (Å²) in [5, 5.41) is 2.82. The monoisotopic (exact) mass is 535 g/mol. The van der Waals surface area contributed by atoms with Gasteiger partial charge in [-0.05, 0) is 70.0 Å². The Morgan fingerprint density at radius 2 is 1.82 bits per heavy atom. The Morgan fingerprint density at radius 3 is 2.60 bits per heavy atom. The van der Waals surface area contributed by atoms with Gasteiger partial charge >= 0.3 is 0 Å². The molecule has 9 heteroatoms. The summed E-state index contributed by atoms with van der Waals surface area (Å²) in [6, 6.07) is 12.7. The molecule has 2 saturated heterocycles. The molecule has 0 unspecified atom stereocenters. The molecule has 1 aromatic carbocycles. The quantitative estimate of drug-likeness (QED) is 0.346. The van der Waals surface area contributed by atoms with E-state index in [4.69, 9.17) is 4.98 Å². The lowest BCUT2D eigenvalue weighted by Crippen LogP contribution is -2.30. The molecule has 1 atom stereocenters. The number of amides is 2. The Balaban J connectivity index is 1.26. The summed E-state index contributed by atoms with van der Waals surface area (Å²) < 4.78 is 2.07. The van der Waals surface area contributed by atoms with Crippen LogP contribution in [0.25, 0.3) is 16.8 Å². The normalized spacial score (nSPS) is 17.7. The summed E-state index contributed by atoms with van der Waals surface area (Å²) in [5.74, 6) is 1.15. The van der Waals surface area contributed by atoms with E-state index < -0.39 is 0 Å². The van der Waals surface area contributed by atoms with Crippen LogP contribution in [0, 0.1) is 6.92 Å². The number of hydrogen-bond donors (Lipinski definition) is 1. The first-order chi connectivity index (χ1) is 19.6. The minimum absolute atomic E-state index is 0.0362. The number of likely N-dealkylation sites (tertiary alicyclic amines) is 2. The summed E-state index contributed by atoms with van der Waals surface area (Å²) in [4.78, 5) is 44.1. The van der Waals surface area contributed by atoms with Gasteiger partial charge in [0.15, 0.2) is 0 Å². The van der Waals surface area contributed by atoms with E-state index in [1.807, 2.05) is 42.3 Å². The summed E-state index contributed by atoms with van der Waals surface area (Å²) in [6.07, 6.45) is 13.3. The van der Waals surface area contributed by atoms with E-state index in [0.29, 0.717) is 17.9 Å². The van der Waals surface area contributed by atoms with Crippen molar-refractivity contribution in [3.63, 3.8) is 0 Å². The number of aryl methyl sites for hydroxylation is 1. The third-order valence-electron chi connectivity index (χ3n) is 7.75. The zero-order chi connectivity index (χ0) is 27.5. The molecule has 40 heavy (non-hydrogen) atoms. The third-order valence-corrected chi connectivity index (χ3v) is 7.75. The molecule has 0 bridgehead atoms. The molecular weight excluding hydrogens is 502 g/mol. The van der Waals surface area contributed by atoms with E-state index in [0.717, 1.165) is 60.8 Å². The van der Waals surface area contributed by atoms with Crippen molar-refractivity contribution in [3.8, 4) is 11.3 Å². The van der Waals surface area contributed by atoms with Crippen LogP contribution in [-0.4, -0.2) is 67.1 Å². The average Bonchev–Trinajstić information content (AvgIpc) is 3.74. The predicted molar refractivity (Wildman–Crippen MR) is 154 cm³/mol. The molecule has 1 N–H and O–H groups in total. The van der Waals surface area contributed by atoms with Gasteiger partial charge in [-0.15, -0.1) is 0 Å². The topological polar surface area (TPSA) is 95.7 Å². The minimum atomic E-state index is -0.226. The second kappa shape index (κ2) is 11.4. The van der Waals surface area contributed by atoms with Gasteiger partial charge in [0.2, 0.25) is 5.91 Å². The fourth-order valence-corrected chi connectivity index (χ4v) is 5.72. The number of benzene rings is 1. The van der Waals surface area contributed by atoms with Crippen molar-refractivity contribution in [1.82, 2.24) is 29.2 Å². The number of pyridine rings is 1. The maximum Gasteiger partial charge on any atom is 0.256 e. The standard InChI is InChI=1S/C31H33N7O2/c1-22-29-28(23-11-13-24(14-12-23)31(40)34-26-9-2-3-15-33-26)35-30(38(29)21-16-32-22)25-8-6-20-37(25)27(39)10-7-19-36-17-4-5-18-36/h2-3,7,9-16,21,25H,4-6,8,17-20H2,1H3,(H,33,34,40)/b10-7+/t25-/m0/s1. The van der Waals surface area contributed by atoms with Gasteiger partial charge in [0.1, 0.15) is 11.6 Å². The SMILES string of the molecule is Cc1nccn2c([C@@H]3CCCN3C(=O)/C=C/CN3CCCC3)nc(-c3ccc(C(=O)Nc4ccccn4)cc3)c12. The maximum atomic E-state index is 13.2. The molecule has 6 rings (SSSR count). The molecule has 9 nitrogen and oxygen atoms in total. The second-order valence-corrected chi connectivity index (χ2v) is 10.4. The number of hydrogen-bond acceptors (Lipinski definition) is 6. The van der Waals surface area contributed by atoms with E-state index in [-0.39, 0.29) is 17.9 Å². The molecule has 2 amide bonds. The van der Waals surface area contributed by atoms with Crippen LogP contribution in [0.4, 0.5) is 5.82 Å². The fraction of sp³-hybridized carbons (Fsp3) is 0.323. The van der Waals surface area contributed by atoms with Crippen LogP contribution in [0.3, 0.4) is 0 Å². The first-order valence-corrected chi connectivity index (χ1v) is 13.9. The smallest absolute Gasteiger partial charge is 0.256 e. The van der Waals surface area contributed by atoms with Crippen LogP contribution in [0.15, 0.2) is 73.2 Å². The lowest BCUT2D eigenvalue weighted by atomic mass is 10.1. The van der Waals surface area contributed by atoms with Gasteiger partial charge in [0.05, 0.1) is 22.9 Å². The van der Waals surface area contributed by atoms with Gasteiger partial charge < -0.3 is 10.2 Å². The molecule has 4 aromatic rings. The predicted octanol–water partition coefficient (Wildman–Crippen LogP) is 4.67. The molecule has 2 fully saturated rings. The van der Waals surface area contributed by atoms with Crippen molar-refractivity contribution in [2.45, 2.75) is 38.6 Å². The minimum Gasteiger partial charge on any atom is -0.329 e. The Morgan fingerprint density at radius 1 is 1.00 bits per heavy atom. The van der Waals surface area contributed by atoms with Crippen molar-refractivity contribution < 1.29 is 9.59 Å². The molecular formula is C31H33N7O2. The number of nitrogens with zero attached hydrogens (tertiary/aromatic N) is 6. The first-order valence-electron chi connectivity index (χ1n) is 13.9. The highest BCUT2D eigenvalue weighted by atomic mass is 16.2. The van der Waals surface area contributed by atoms with Crippen LogP contribution in [0.5, 0.6) is 0 Å². The van der Waals surface area contributed by atoms with E-state index in [1.165, 1.54) is 12.8 Å². The van der Waals surface area contributed by atoms with Crippen LogP contribution >= 0.6 is 0 Å². The summed E-state index contributed by atoms with van der Waals surface area (Å²) in [6.45, 7) is 5.72. The number of anilines is 1. The van der Waals surface area contributed by atoms with E-state index in [9.17, 15) is 9.59 Å². The number of carbonyl (C=O) groups excluding carboxylic acids is 2. The van der Waals surface area contributed by atoms with Gasteiger partial charge in [0, 0.05) is 48.9 Å². The molecule has 0 spiro atoms. The van der Waals surface area contributed by atoms with Gasteiger partial charge in [-0.25, -0.2) is 9.97 Å². The Hall–Kier alpha value is -4.37. The Kier molecular flexibility index (Phi) is 7.37. The van der Waals surface area contributed by atoms with Crippen molar-refractivity contribution in [3.05, 3.63) is 90.3 Å². The molecule has 0 radical (unpaired) electrons. The van der Waals surface area contributed by atoms with Crippen LogP contribution in [-0.2, 0) is 4.79 Å². The molecule has 3 aromatic heterocycles. The zero-order valence-electron chi connectivity index (χ0n) is 22.7. The van der Waals surface area contributed by atoms with Crippen molar-refractivity contribution in [1.29, 1.82) is 0 Å². The molecule has 204 valence electrons. The average molecular weight is 536 g/mol. The molecule has 5 heterocycles. The summed E-state index contributed by atoms with van der Waals surface area (Å²) in [7, 11) is 0. The van der Waals surface area contributed by atoms with Crippen molar-refractivity contribution in [2.75, 3.05) is 31.5 Å². The maximum absolute atomic E-state index is 13.2. The largest absolute Gasteiger partial charge is 0.329 e. The van der Waals surface area contributed by atoms with E-state index in [1.54, 1.807) is 42.7 Å². The number of nitrogens with one attached hydrogen (secondary N) is 1. The number of aromatic nitrogens is 4. The molecule has 2 aliphatic rings. The lowest BCUT2D eigenvalue weighted by Gasteiger charge is -2.22. The summed E-state index contributed by atoms with van der Waals surface area (Å²) >= 11 is 0. The van der Waals surface area contributed by atoms with Gasteiger partial charge in [-0.2, -0.15) is 0 Å². The van der Waals surface area contributed by atoms with Crippen LogP contribution < -0.4 is 5.32 Å². The highest BCUT2D eigenvalue weighted by molar-refractivity contribution is 6.04. The zero-order valence-corrected chi connectivity index (χ0v) is 22.7. The number of rotatable bonds is 7. The highest BCUT2D eigenvalue weighted by Gasteiger charge is 2.33. The van der Waals surface area contributed by atoms with Crippen LogP contribution in [0.2, 0.25) is 0 Å².